The van der Waals surface area contributed by atoms with Gasteiger partial charge in [-0.15, -0.1) is 0 Å². The highest BCUT2D eigenvalue weighted by Gasteiger charge is 2.24. The van der Waals surface area contributed by atoms with Crippen LogP contribution in [0, 0.1) is 0 Å². The predicted molar refractivity (Wildman–Crippen MR) is 131 cm³/mol. The van der Waals surface area contributed by atoms with Crippen LogP contribution in [-0.4, -0.2) is 19.5 Å². The molecule has 3 aromatic rings. The largest absolute Gasteiger partial charge is 0.300 e. The standard InChI is InChI=1S/C22H15Cl2N3O3S2/c23-15-3-1-14(2-4-15)13-20-21(28)26-22(31-20)25-17-9-11-19(12-10-17)32(29,30)27-18-7-5-16(24)6-8-18/h1-13,27H,(H,25,26,28)/b20-13-. The van der Waals surface area contributed by atoms with Gasteiger partial charge in [0, 0.05) is 15.7 Å². The van der Waals surface area contributed by atoms with Gasteiger partial charge in [-0.3, -0.25) is 9.52 Å². The Morgan fingerprint density at radius 2 is 1.47 bits per heavy atom. The number of nitrogens with one attached hydrogen (secondary N) is 2. The number of sulfonamides is 1. The lowest BCUT2D eigenvalue weighted by atomic mass is 10.2. The molecule has 32 heavy (non-hydrogen) atoms. The predicted octanol–water partition coefficient (Wildman–Crippen LogP) is 5.69. The number of benzene rings is 3. The number of carbonyl (C=O) groups excluding carboxylic acids is 1. The summed E-state index contributed by atoms with van der Waals surface area (Å²) in [5, 5.41) is 4.24. The van der Waals surface area contributed by atoms with E-state index in [4.69, 9.17) is 23.2 Å². The van der Waals surface area contributed by atoms with E-state index >= 15 is 0 Å². The Bertz CT molecular complexity index is 1320. The van der Waals surface area contributed by atoms with E-state index in [9.17, 15) is 13.2 Å². The van der Waals surface area contributed by atoms with E-state index in [1.807, 2.05) is 12.1 Å². The number of nitrogens with zero attached hydrogens (tertiary/aromatic N) is 1. The van der Waals surface area contributed by atoms with Gasteiger partial charge in [0.2, 0.25) is 0 Å². The van der Waals surface area contributed by atoms with Crippen LogP contribution in [-0.2, 0) is 14.8 Å². The van der Waals surface area contributed by atoms with Crippen LogP contribution in [0.25, 0.3) is 6.08 Å². The molecule has 0 saturated carbocycles. The molecule has 1 heterocycles. The smallest absolute Gasteiger partial charge is 0.264 e. The number of anilines is 1. The first kappa shape index (κ1) is 22.4. The summed E-state index contributed by atoms with van der Waals surface area (Å²) < 4.78 is 27.6. The van der Waals surface area contributed by atoms with Crippen molar-refractivity contribution in [2.24, 2.45) is 4.99 Å². The van der Waals surface area contributed by atoms with Crippen LogP contribution < -0.4 is 10.0 Å². The Labute approximate surface area is 199 Å². The summed E-state index contributed by atoms with van der Waals surface area (Å²) in [6.07, 6.45) is 1.75. The van der Waals surface area contributed by atoms with Crippen molar-refractivity contribution in [1.29, 1.82) is 0 Å². The van der Waals surface area contributed by atoms with Gasteiger partial charge in [-0.25, -0.2) is 13.4 Å². The first-order valence-electron chi connectivity index (χ1n) is 9.22. The maximum Gasteiger partial charge on any atom is 0.264 e. The van der Waals surface area contributed by atoms with Crippen molar-refractivity contribution in [3.8, 4) is 0 Å². The number of rotatable bonds is 5. The van der Waals surface area contributed by atoms with E-state index in [-0.39, 0.29) is 10.8 Å². The SMILES string of the molecule is O=C1NC(=Nc2ccc(S(=O)(=O)Nc3ccc(Cl)cc3)cc2)S/C1=C\c1ccc(Cl)cc1. The van der Waals surface area contributed by atoms with Gasteiger partial charge in [0.15, 0.2) is 5.17 Å². The molecule has 1 saturated heterocycles. The van der Waals surface area contributed by atoms with Crippen LogP contribution in [0.5, 0.6) is 0 Å². The number of halogens is 2. The van der Waals surface area contributed by atoms with Gasteiger partial charge >= 0.3 is 0 Å². The van der Waals surface area contributed by atoms with Crippen LogP contribution in [0.1, 0.15) is 5.56 Å². The van der Waals surface area contributed by atoms with Crippen LogP contribution in [0.3, 0.4) is 0 Å². The summed E-state index contributed by atoms with van der Waals surface area (Å²) in [7, 11) is -3.76. The van der Waals surface area contributed by atoms with Gasteiger partial charge in [-0.05, 0) is 84.1 Å². The Balaban J connectivity index is 1.47. The third-order valence-corrected chi connectivity index (χ3v) is 7.10. The fourth-order valence-electron chi connectivity index (χ4n) is 2.74. The van der Waals surface area contributed by atoms with Crippen molar-refractivity contribution < 1.29 is 13.2 Å². The van der Waals surface area contributed by atoms with Gasteiger partial charge in [0.25, 0.3) is 15.9 Å². The highest BCUT2D eigenvalue weighted by molar-refractivity contribution is 8.18. The summed E-state index contributed by atoms with van der Waals surface area (Å²) in [4.78, 5) is 17.2. The molecule has 0 unspecified atom stereocenters. The highest BCUT2D eigenvalue weighted by Crippen LogP contribution is 2.29. The number of aliphatic imine (C=N–C) groups is 1. The van der Waals surface area contributed by atoms with Crippen molar-refractivity contribution >= 4 is 73.5 Å². The maximum atomic E-state index is 12.6. The summed E-state index contributed by atoms with van der Waals surface area (Å²) in [5.41, 5.74) is 1.76. The average molecular weight is 504 g/mol. The second-order valence-corrected chi connectivity index (χ2v) is 10.2. The Hall–Kier alpha value is -2.78. The fourth-order valence-corrected chi connectivity index (χ4v) is 4.89. The molecule has 0 aromatic heterocycles. The third-order valence-electron chi connectivity index (χ3n) is 4.29. The molecule has 162 valence electrons. The topological polar surface area (TPSA) is 87.6 Å². The molecule has 0 aliphatic carbocycles. The quantitative estimate of drug-likeness (QED) is 0.438. The van der Waals surface area contributed by atoms with Crippen LogP contribution in [0.2, 0.25) is 10.0 Å². The minimum Gasteiger partial charge on any atom is -0.300 e. The molecule has 2 N–H and O–H groups in total. The molecule has 4 rings (SSSR count). The molecule has 1 aliphatic heterocycles. The molecular formula is C22H15Cl2N3O3S2. The zero-order valence-electron chi connectivity index (χ0n) is 16.2. The molecule has 1 aliphatic rings. The van der Waals surface area contributed by atoms with Crippen molar-refractivity contribution in [2.45, 2.75) is 4.90 Å². The van der Waals surface area contributed by atoms with Crippen molar-refractivity contribution in [2.75, 3.05) is 4.72 Å². The van der Waals surface area contributed by atoms with Crippen LogP contribution in [0.4, 0.5) is 11.4 Å². The van der Waals surface area contributed by atoms with Gasteiger partial charge in [-0.2, -0.15) is 0 Å². The third kappa shape index (κ3) is 5.52. The molecule has 6 nitrogen and oxygen atoms in total. The maximum absolute atomic E-state index is 12.6. The summed E-state index contributed by atoms with van der Waals surface area (Å²) in [5.74, 6) is -0.255. The van der Waals surface area contributed by atoms with Crippen molar-refractivity contribution in [1.82, 2.24) is 5.32 Å². The molecule has 0 bridgehead atoms. The minimum absolute atomic E-state index is 0.0860. The van der Waals surface area contributed by atoms with E-state index in [0.717, 1.165) is 5.56 Å². The van der Waals surface area contributed by atoms with Gasteiger partial charge < -0.3 is 5.32 Å². The minimum atomic E-state index is -3.76. The Kier molecular flexibility index (Phi) is 6.57. The zero-order chi connectivity index (χ0) is 22.7. The van der Waals surface area contributed by atoms with E-state index < -0.39 is 10.0 Å². The monoisotopic (exact) mass is 503 g/mol. The number of hydrogen-bond acceptors (Lipinski definition) is 5. The van der Waals surface area contributed by atoms with E-state index in [1.54, 1.807) is 54.6 Å². The Morgan fingerprint density at radius 3 is 2.09 bits per heavy atom. The highest BCUT2D eigenvalue weighted by atomic mass is 35.5. The first-order chi connectivity index (χ1) is 15.3. The normalized spacial score (nSPS) is 16.4. The van der Waals surface area contributed by atoms with E-state index in [1.165, 1.54) is 23.9 Å². The van der Waals surface area contributed by atoms with Crippen molar-refractivity contribution in [3.63, 3.8) is 0 Å². The number of amidine groups is 1. The lowest BCUT2D eigenvalue weighted by Crippen LogP contribution is -2.19. The molecule has 1 fully saturated rings. The summed E-state index contributed by atoms with van der Waals surface area (Å²) >= 11 is 12.9. The summed E-state index contributed by atoms with van der Waals surface area (Å²) in [6, 6.07) is 19.5. The lowest BCUT2D eigenvalue weighted by molar-refractivity contribution is -0.115. The van der Waals surface area contributed by atoms with Gasteiger partial charge in [-0.1, -0.05) is 35.3 Å². The molecule has 1 amide bonds. The zero-order valence-corrected chi connectivity index (χ0v) is 19.4. The van der Waals surface area contributed by atoms with E-state index in [2.05, 4.69) is 15.0 Å². The number of hydrogen-bond donors (Lipinski definition) is 2. The molecular weight excluding hydrogens is 489 g/mol. The van der Waals surface area contributed by atoms with Crippen LogP contribution in [0.15, 0.2) is 87.6 Å². The van der Waals surface area contributed by atoms with Gasteiger partial charge in [0.1, 0.15) is 0 Å². The second kappa shape index (κ2) is 9.38. The molecule has 0 atom stereocenters. The van der Waals surface area contributed by atoms with Gasteiger partial charge in [0.05, 0.1) is 15.5 Å². The molecule has 0 spiro atoms. The van der Waals surface area contributed by atoms with Crippen LogP contribution >= 0.6 is 35.0 Å². The Morgan fingerprint density at radius 1 is 0.875 bits per heavy atom. The number of amides is 1. The number of carbonyl (C=O) groups is 1. The van der Waals surface area contributed by atoms with Crippen molar-refractivity contribution in [3.05, 3.63) is 93.3 Å². The number of thioether (sulfide) groups is 1. The average Bonchev–Trinajstić information content (AvgIpc) is 3.10. The molecule has 10 heteroatoms. The molecule has 0 radical (unpaired) electrons. The second-order valence-electron chi connectivity index (χ2n) is 6.64. The fraction of sp³-hybridized carbons (Fsp3) is 0. The molecule has 3 aromatic carbocycles. The van der Waals surface area contributed by atoms with E-state index in [0.29, 0.717) is 31.5 Å². The first-order valence-corrected chi connectivity index (χ1v) is 12.3. The lowest BCUT2D eigenvalue weighted by Gasteiger charge is -2.08. The summed E-state index contributed by atoms with van der Waals surface area (Å²) in [6.45, 7) is 0.